The van der Waals surface area contributed by atoms with Crippen LogP contribution in [-0.4, -0.2) is 78.7 Å². The Balaban J connectivity index is 0.00000435. The number of imidazole rings is 2. The number of aromatic amines is 2. The Morgan fingerprint density at radius 3 is 2.21 bits per heavy atom. The van der Waals surface area contributed by atoms with Gasteiger partial charge < -0.3 is 29.7 Å². The molecule has 53 heavy (non-hydrogen) atoms. The topological polar surface area (TPSA) is 146 Å². The number of likely N-dealkylation sites (tertiary alicyclic amines) is 2. The summed E-state index contributed by atoms with van der Waals surface area (Å²) in [5.74, 6) is 8.75. The zero-order valence-corrected chi connectivity index (χ0v) is 30.4. The minimum Gasteiger partial charge on any atom is -0.453 e. The Labute approximate surface area is 310 Å². The summed E-state index contributed by atoms with van der Waals surface area (Å²) in [5.41, 5.74) is 2.90. The van der Waals surface area contributed by atoms with Crippen molar-refractivity contribution >= 4 is 28.9 Å². The van der Waals surface area contributed by atoms with Gasteiger partial charge in [0.1, 0.15) is 29.0 Å². The van der Waals surface area contributed by atoms with Crippen LogP contribution in [0.3, 0.4) is 0 Å². The van der Waals surface area contributed by atoms with E-state index in [2.05, 4.69) is 62.4 Å². The number of H-pyrrole nitrogens is 2. The standard InChI is InChI=1S/C40H45N7O5.CH4/c1-21(2)34(45-38(49)51-6)37(48)46-30-15-26(30)17-32(46)36-42-20-29(44-36)25-11-10-23-13-22(7-9-24(23)14-25)8-12-28-19-41-35(43-28)33-18-27-16-31(27)47(33)39(50)52-40(3,4)5;/h7,9-11,13-14,19-21,26-27,30-34H,15-18H2,1-6H3,(H,41,43)(H,42,44)(H,45,49);1H4/t26-,27-,30-,31-,32+,33+,34+;/m1./s1. The van der Waals surface area contributed by atoms with Crippen molar-refractivity contribution < 1.29 is 23.9 Å². The van der Waals surface area contributed by atoms with Crippen molar-refractivity contribution in [2.75, 3.05) is 7.11 Å². The molecule has 12 nitrogen and oxygen atoms in total. The number of hydrogen-bond donors (Lipinski definition) is 3. The number of benzene rings is 2. The molecule has 4 aliphatic rings. The van der Waals surface area contributed by atoms with Crippen LogP contribution in [0.4, 0.5) is 9.59 Å². The van der Waals surface area contributed by atoms with Crippen molar-refractivity contribution in [2.24, 2.45) is 17.8 Å². The van der Waals surface area contributed by atoms with Crippen LogP contribution < -0.4 is 5.32 Å². The SMILES string of the molecule is C.COC(=O)N[C@H](C(=O)N1[C@@H]2C[C@@H]2C[C@H]1c1ncc(-c2ccc3cc(C#Cc4cnc([C@@H]5C[C@H]6C[C@H]6N5C(=O)OC(C)(C)C)[nH]4)ccc3c2)[nH]1)C(C)C. The molecule has 2 saturated heterocycles. The van der Waals surface area contributed by atoms with Crippen LogP contribution in [0.15, 0.2) is 48.8 Å². The van der Waals surface area contributed by atoms with Gasteiger partial charge in [0, 0.05) is 23.2 Å². The molecule has 4 heterocycles. The summed E-state index contributed by atoms with van der Waals surface area (Å²) in [4.78, 5) is 58.7. The molecule has 8 rings (SSSR count). The quantitative estimate of drug-likeness (QED) is 0.180. The van der Waals surface area contributed by atoms with E-state index in [0.717, 1.165) is 64.9 Å². The molecule has 0 spiro atoms. The van der Waals surface area contributed by atoms with Crippen LogP contribution in [0.1, 0.15) is 103 Å². The van der Waals surface area contributed by atoms with Gasteiger partial charge in [-0.1, -0.05) is 45.4 Å². The lowest BCUT2D eigenvalue weighted by Crippen LogP contribution is -2.52. The van der Waals surface area contributed by atoms with Crippen LogP contribution >= 0.6 is 0 Å². The Morgan fingerprint density at radius 1 is 0.868 bits per heavy atom. The van der Waals surface area contributed by atoms with Crippen molar-refractivity contribution in [2.45, 2.75) is 104 Å². The van der Waals surface area contributed by atoms with Crippen LogP contribution in [0.25, 0.3) is 22.0 Å². The van der Waals surface area contributed by atoms with Crippen LogP contribution in [-0.2, 0) is 14.3 Å². The second-order valence-electron chi connectivity index (χ2n) is 16.0. The largest absolute Gasteiger partial charge is 0.453 e. The molecule has 0 bridgehead atoms. The number of hydrogen-bond acceptors (Lipinski definition) is 7. The lowest BCUT2D eigenvalue weighted by molar-refractivity contribution is -0.136. The highest BCUT2D eigenvalue weighted by Crippen LogP contribution is 2.54. The number of carbonyl (C=O) groups is 3. The van der Waals surface area contributed by atoms with Crippen molar-refractivity contribution in [3.63, 3.8) is 0 Å². The van der Waals surface area contributed by atoms with Crippen LogP contribution in [0.5, 0.6) is 0 Å². The molecule has 7 atom stereocenters. The molecule has 2 aliphatic carbocycles. The Bertz CT molecular complexity index is 2120. The normalized spacial score (nSPS) is 24.4. The third kappa shape index (κ3) is 7.09. The molecule has 2 aromatic carbocycles. The van der Waals surface area contributed by atoms with Gasteiger partial charge in [-0.05, 0) is 99.1 Å². The molecule has 2 aromatic heterocycles. The van der Waals surface area contributed by atoms with Crippen LogP contribution in [0, 0.1) is 29.6 Å². The number of methoxy groups -OCH3 is 1. The smallest absolute Gasteiger partial charge is 0.411 e. The second-order valence-corrected chi connectivity index (χ2v) is 16.0. The highest BCUT2D eigenvalue weighted by atomic mass is 16.6. The predicted octanol–water partition coefficient (Wildman–Crippen LogP) is 7.10. The van der Waals surface area contributed by atoms with Gasteiger partial charge >= 0.3 is 12.2 Å². The molecule has 0 radical (unpaired) electrons. The fraction of sp³-hybridized carbons (Fsp3) is 0.488. The average molecular weight is 720 g/mol. The van der Waals surface area contributed by atoms with Gasteiger partial charge in [0.2, 0.25) is 5.91 Å². The van der Waals surface area contributed by atoms with E-state index in [-0.39, 0.29) is 49.5 Å². The Hall–Kier alpha value is -5.31. The van der Waals surface area contributed by atoms with E-state index in [1.165, 1.54) is 7.11 Å². The maximum atomic E-state index is 13.8. The minimum atomic E-state index is -0.671. The number of nitrogens with zero attached hydrogens (tertiary/aromatic N) is 4. The maximum absolute atomic E-state index is 13.8. The molecular formula is C41H49N7O5. The highest BCUT2D eigenvalue weighted by molar-refractivity contribution is 5.88. The molecule has 2 saturated carbocycles. The number of aromatic nitrogens is 4. The van der Waals surface area contributed by atoms with Gasteiger partial charge in [0.15, 0.2) is 0 Å². The zero-order chi connectivity index (χ0) is 36.5. The first-order valence-electron chi connectivity index (χ1n) is 18.2. The van der Waals surface area contributed by atoms with Gasteiger partial charge in [0.05, 0.1) is 37.3 Å². The summed E-state index contributed by atoms with van der Waals surface area (Å²) in [6.45, 7) is 9.50. The minimum absolute atomic E-state index is 0. The number of amides is 3. The zero-order valence-electron chi connectivity index (χ0n) is 30.4. The molecule has 0 unspecified atom stereocenters. The van der Waals surface area contributed by atoms with E-state index in [4.69, 9.17) is 14.5 Å². The molecule has 3 N–H and O–H groups in total. The van der Waals surface area contributed by atoms with Crippen molar-refractivity contribution in [3.05, 3.63) is 71.7 Å². The number of nitrogens with one attached hydrogen (secondary N) is 3. The fourth-order valence-electron chi connectivity index (χ4n) is 8.01. The lowest BCUT2D eigenvalue weighted by atomic mass is 10.0. The van der Waals surface area contributed by atoms with E-state index >= 15 is 0 Å². The fourth-order valence-corrected chi connectivity index (χ4v) is 8.01. The molecule has 2 aliphatic heterocycles. The van der Waals surface area contributed by atoms with Gasteiger partial charge in [0.25, 0.3) is 0 Å². The van der Waals surface area contributed by atoms with E-state index in [1.807, 2.05) is 56.7 Å². The van der Waals surface area contributed by atoms with Crippen LogP contribution in [0.2, 0.25) is 0 Å². The number of ether oxygens (including phenoxy) is 2. The lowest BCUT2D eigenvalue weighted by Gasteiger charge is -2.31. The Morgan fingerprint density at radius 2 is 1.51 bits per heavy atom. The summed E-state index contributed by atoms with van der Waals surface area (Å²) < 4.78 is 10.5. The van der Waals surface area contributed by atoms with E-state index in [9.17, 15) is 14.4 Å². The van der Waals surface area contributed by atoms with E-state index < -0.39 is 17.7 Å². The summed E-state index contributed by atoms with van der Waals surface area (Å²) in [5, 5.41) is 4.86. The molecular weight excluding hydrogens is 670 g/mol. The van der Waals surface area contributed by atoms with E-state index in [0.29, 0.717) is 17.5 Å². The predicted molar refractivity (Wildman–Crippen MR) is 200 cm³/mol. The summed E-state index contributed by atoms with van der Waals surface area (Å²) >= 11 is 0. The summed E-state index contributed by atoms with van der Waals surface area (Å²) in [7, 11) is 1.30. The van der Waals surface area contributed by atoms with Gasteiger partial charge in [-0.3, -0.25) is 9.69 Å². The monoisotopic (exact) mass is 719 g/mol. The molecule has 12 heteroatoms. The molecule has 3 amide bonds. The number of carbonyl (C=O) groups excluding carboxylic acids is 3. The molecule has 4 aromatic rings. The number of rotatable bonds is 6. The Kier molecular flexibility index (Phi) is 9.25. The maximum Gasteiger partial charge on any atom is 0.411 e. The summed E-state index contributed by atoms with van der Waals surface area (Å²) in [6.07, 6.45) is 6.40. The molecule has 278 valence electrons. The first-order chi connectivity index (χ1) is 24.9. The third-order valence-electron chi connectivity index (χ3n) is 10.8. The number of piperidine rings is 2. The highest BCUT2D eigenvalue weighted by Gasteiger charge is 2.57. The first-order valence-corrected chi connectivity index (χ1v) is 18.2. The van der Waals surface area contributed by atoms with Crippen molar-refractivity contribution in [3.8, 4) is 23.1 Å². The number of fused-ring (bicyclic) bond motifs is 3. The van der Waals surface area contributed by atoms with Crippen molar-refractivity contribution in [1.29, 1.82) is 0 Å². The van der Waals surface area contributed by atoms with Crippen molar-refractivity contribution in [1.82, 2.24) is 35.1 Å². The van der Waals surface area contributed by atoms with Gasteiger partial charge in [-0.15, -0.1) is 0 Å². The summed E-state index contributed by atoms with van der Waals surface area (Å²) in [6, 6.07) is 11.8. The number of alkyl carbamates (subject to hydrolysis) is 1. The van der Waals surface area contributed by atoms with Gasteiger partial charge in [-0.2, -0.15) is 0 Å². The third-order valence-corrected chi connectivity index (χ3v) is 10.8. The van der Waals surface area contributed by atoms with Gasteiger partial charge in [-0.25, -0.2) is 19.6 Å². The molecule has 4 fully saturated rings. The first kappa shape index (κ1) is 36.1. The average Bonchev–Trinajstić information content (AvgIpc) is 3.70. The second kappa shape index (κ2) is 13.6. The van der Waals surface area contributed by atoms with E-state index in [1.54, 1.807) is 6.20 Å².